The van der Waals surface area contributed by atoms with Crippen molar-refractivity contribution in [3.63, 3.8) is 0 Å². The highest BCUT2D eigenvalue weighted by Crippen LogP contribution is 2.31. The molecular formula is C23H43N5O2. The van der Waals surface area contributed by atoms with E-state index < -0.39 is 0 Å². The van der Waals surface area contributed by atoms with Crippen LogP contribution in [0, 0.1) is 17.2 Å². The minimum Gasteiger partial charge on any atom is -0.404 e. The topological polar surface area (TPSA) is 94.7 Å². The van der Waals surface area contributed by atoms with Gasteiger partial charge in [-0.15, -0.1) is 0 Å². The van der Waals surface area contributed by atoms with Gasteiger partial charge < -0.3 is 31.0 Å². The van der Waals surface area contributed by atoms with E-state index in [0.717, 1.165) is 76.9 Å². The highest BCUT2D eigenvalue weighted by Gasteiger charge is 2.32. The summed E-state index contributed by atoms with van der Waals surface area (Å²) in [5, 5.41) is 11.9. The molecule has 1 saturated heterocycles. The number of hydrogen-bond donors (Lipinski definition) is 3. The summed E-state index contributed by atoms with van der Waals surface area (Å²) in [6, 6.07) is 0.313. The fraction of sp³-hybridized carbons (Fsp3) is 0.826. The van der Waals surface area contributed by atoms with E-state index in [0.29, 0.717) is 30.6 Å². The van der Waals surface area contributed by atoms with Crippen LogP contribution in [0.4, 0.5) is 0 Å². The molecule has 0 bridgehead atoms. The summed E-state index contributed by atoms with van der Waals surface area (Å²) in [5.41, 5.74) is 7.50. The SMILES string of the molecule is CCC(=O)N(CC1CCOCC1)[C@H]1CC[C@@H](C(=N)/C(=C\N)CN(C)CCNC)CC1. The Balaban J connectivity index is 1.90. The normalized spacial score (nSPS) is 23.5. The third kappa shape index (κ3) is 7.36. The lowest BCUT2D eigenvalue weighted by molar-refractivity contribution is -0.135. The van der Waals surface area contributed by atoms with E-state index in [4.69, 9.17) is 15.9 Å². The zero-order valence-electron chi connectivity index (χ0n) is 19.3. The molecule has 4 N–H and O–H groups in total. The molecule has 2 rings (SSSR count). The molecule has 7 heteroatoms. The monoisotopic (exact) mass is 421 g/mol. The standard InChI is InChI=1S/C23H43N5O2/c1-4-22(29)28(16-18-9-13-30-14-10-18)21-7-5-19(6-8-21)23(25)20(15-24)17-27(3)12-11-26-2/h15,18-19,21,25-26H,4-14,16-17,24H2,1-3H3/b20-15-,25-23?/t19-,21+. The number of nitrogens with one attached hydrogen (secondary N) is 2. The number of carbonyl (C=O) groups is 1. The van der Waals surface area contributed by atoms with Gasteiger partial charge in [0.15, 0.2) is 0 Å². The third-order valence-electron chi connectivity index (χ3n) is 6.70. The van der Waals surface area contributed by atoms with Gasteiger partial charge in [0.2, 0.25) is 5.91 Å². The molecule has 30 heavy (non-hydrogen) atoms. The molecular weight excluding hydrogens is 378 g/mol. The largest absolute Gasteiger partial charge is 0.404 e. The number of carbonyl (C=O) groups excluding carboxylic acids is 1. The Morgan fingerprint density at radius 3 is 2.43 bits per heavy atom. The maximum atomic E-state index is 12.7. The molecule has 2 fully saturated rings. The minimum absolute atomic E-state index is 0.246. The number of nitrogens with zero attached hydrogens (tertiary/aromatic N) is 2. The second kappa shape index (κ2) is 13.1. The second-order valence-electron chi connectivity index (χ2n) is 8.91. The van der Waals surface area contributed by atoms with Crippen LogP contribution in [0.15, 0.2) is 11.8 Å². The van der Waals surface area contributed by atoms with E-state index in [-0.39, 0.29) is 11.8 Å². The van der Waals surface area contributed by atoms with Crippen molar-refractivity contribution < 1.29 is 9.53 Å². The van der Waals surface area contributed by atoms with Crippen LogP contribution in [-0.2, 0) is 9.53 Å². The number of rotatable bonds is 11. The summed E-state index contributed by atoms with van der Waals surface area (Å²) in [6.07, 6.45) is 8.17. The number of hydrogen-bond acceptors (Lipinski definition) is 6. The van der Waals surface area contributed by atoms with Crippen LogP contribution in [0.25, 0.3) is 0 Å². The van der Waals surface area contributed by atoms with Crippen molar-refractivity contribution in [2.24, 2.45) is 17.6 Å². The summed E-state index contributed by atoms with van der Waals surface area (Å²) in [7, 11) is 4.01. The van der Waals surface area contributed by atoms with Gasteiger partial charge in [-0.25, -0.2) is 0 Å². The molecule has 0 atom stereocenters. The summed E-state index contributed by atoms with van der Waals surface area (Å²) < 4.78 is 5.49. The van der Waals surface area contributed by atoms with E-state index in [1.54, 1.807) is 6.20 Å². The van der Waals surface area contributed by atoms with Crippen molar-refractivity contribution in [2.75, 3.05) is 53.5 Å². The van der Waals surface area contributed by atoms with Crippen LogP contribution >= 0.6 is 0 Å². The lowest BCUT2D eigenvalue weighted by atomic mass is 9.80. The molecule has 0 aromatic rings. The first-order valence-electron chi connectivity index (χ1n) is 11.7. The molecule has 1 heterocycles. The molecule has 1 aliphatic heterocycles. The van der Waals surface area contributed by atoms with E-state index in [1.807, 2.05) is 14.0 Å². The lowest BCUT2D eigenvalue weighted by Gasteiger charge is -2.39. The number of amides is 1. The van der Waals surface area contributed by atoms with Gasteiger partial charge in [0, 0.05) is 75.3 Å². The van der Waals surface area contributed by atoms with Crippen molar-refractivity contribution in [2.45, 2.75) is 57.9 Å². The van der Waals surface area contributed by atoms with Crippen molar-refractivity contribution in [3.05, 3.63) is 11.8 Å². The molecule has 2 aliphatic rings. The van der Waals surface area contributed by atoms with Gasteiger partial charge in [0.25, 0.3) is 0 Å². The molecule has 1 aliphatic carbocycles. The van der Waals surface area contributed by atoms with Crippen molar-refractivity contribution in [1.29, 1.82) is 5.41 Å². The zero-order chi connectivity index (χ0) is 21.9. The fourth-order valence-electron chi connectivity index (χ4n) is 4.70. The summed E-state index contributed by atoms with van der Waals surface area (Å²) in [4.78, 5) is 17.0. The van der Waals surface area contributed by atoms with Crippen molar-refractivity contribution >= 4 is 11.6 Å². The van der Waals surface area contributed by atoms with E-state index in [1.165, 1.54) is 0 Å². The Morgan fingerprint density at radius 1 is 1.20 bits per heavy atom. The Bertz CT molecular complexity index is 566. The highest BCUT2D eigenvalue weighted by molar-refractivity contribution is 5.99. The van der Waals surface area contributed by atoms with Crippen LogP contribution < -0.4 is 11.1 Å². The first-order chi connectivity index (χ1) is 14.5. The number of likely N-dealkylation sites (N-methyl/N-ethyl adjacent to an activating group) is 2. The predicted molar refractivity (Wildman–Crippen MR) is 123 cm³/mol. The van der Waals surface area contributed by atoms with Gasteiger partial charge in [0.1, 0.15) is 0 Å². The van der Waals surface area contributed by atoms with Crippen LogP contribution in [0.3, 0.4) is 0 Å². The average molecular weight is 422 g/mol. The fourth-order valence-corrected chi connectivity index (χ4v) is 4.70. The van der Waals surface area contributed by atoms with Crippen LogP contribution in [0.2, 0.25) is 0 Å². The highest BCUT2D eigenvalue weighted by atomic mass is 16.5. The Morgan fingerprint density at radius 2 is 1.87 bits per heavy atom. The Hall–Kier alpha value is -1.44. The first-order valence-corrected chi connectivity index (χ1v) is 11.7. The van der Waals surface area contributed by atoms with Crippen molar-refractivity contribution in [3.8, 4) is 0 Å². The second-order valence-corrected chi connectivity index (χ2v) is 8.91. The maximum absolute atomic E-state index is 12.7. The summed E-state index contributed by atoms with van der Waals surface area (Å²) in [6.45, 7) is 7.02. The van der Waals surface area contributed by atoms with Crippen LogP contribution in [0.1, 0.15) is 51.9 Å². The third-order valence-corrected chi connectivity index (χ3v) is 6.70. The first kappa shape index (κ1) is 24.8. The molecule has 172 valence electrons. The molecule has 0 aromatic heterocycles. The van der Waals surface area contributed by atoms with Gasteiger partial charge in [-0.05, 0) is 58.5 Å². The average Bonchev–Trinajstić information content (AvgIpc) is 2.79. The van der Waals surface area contributed by atoms with Crippen LogP contribution in [0.5, 0.6) is 0 Å². The van der Waals surface area contributed by atoms with E-state index in [2.05, 4.69) is 22.2 Å². The lowest BCUT2D eigenvalue weighted by Crippen LogP contribution is -2.46. The molecule has 0 spiro atoms. The minimum atomic E-state index is 0.246. The molecule has 0 radical (unpaired) electrons. The molecule has 1 amide bonds. The van der Waals surface area contributed by atoms with Gasteiger partial charge in [0.05, 0.1) is 0 Å². The smallest absolute Gasteiger partial charge is 0.222 e. The predicted octanol–water partition coefficient (Wildman–Crippen LogP) is 2.22. The van der Waals surface area contributed by atoms with Gasteiger partial charge in [-0.1, -0.05) is 6.92 Å². The van der Waals surface area contributed by atoms with Crippen LogP contribution in [-0.4, -0.2) is 80.9 Å². The quantitative estimate of drug-likeness (QED) is 0.445. The molecule has 7 nitrogen and oxygen atoms in total. The summed E-state index contributed by atoms with van der Waals surface area (Å²) in [5.74, 6) is 1.08. The van der Waals surface area contributed by atoms with E-state index in [9.17, 15) is 4.79 Å². The number of nitrogens with two attached hydrogens (primary N) is 1. The van der Waals surface area contributed by atoms with Gasteiger partial charge in [-0.3, -0.25) is 4.79 Å². The molecule has 0 unspecified atom stereocenters. The zero-order valence-corrected chi connectivity index (χ0v) is 19.3. The van der Waals surface area contributed by atoms with Crippen molar-refractivity contribution in [1.82, 2.24) is 15.1 Å². The molecule has 0 aromatic carbocycles. The maximum Gasteiger partial charge on any atom is 0.222 e. The van der Waals surface area contributed by atoms with E-state index >= 15 is 0 Å². The number of ether oxygens (including phenoxy) is 1. The molecule has 1 saturated carbocycles. The van der Waals surface area contributed by atoms with Gasteiger partial charge in [-0.2, -0.15) is 0 Å². The van der Waals surface area contributed by atoms with Gasteiger partial charge >= 0.3 is 0 Å². The Labute approximate surface area is 182 Å². The Kier molecular flexibility index (Phi) is 10.8. The summed E-state index contributed by atoms with van der Waals surface area (Å²) >= 11 is 0.